The monoisotopic (exact) mass is 266 g/mol. The van der Waals surface area contributed by atoms with Gasteiger partial charge in [0, 0.05) is 17.3 Å². The van der Waals surface area contributed by atoms with Crippen molar-refractivity contribution < 1.29 is 9.53 Å². The largest absolute Gasteiger partial charge is 0.457 e. The molecule has 0 aliphatic heterocycles. The Bertz CT molecular complexity index is 597. The molecule has 1 heterocycles. The summed E-state index contributed by atoms with van der Waals surface area (Å²) in [5.41, 5.74) is -0.183. The van der Waals surface area contributed by atoms with Crippen LogP contribution in [0.15, 0.2) is 27.9 Å². The summed E-state index contributed by atoms with van der Waals surface area (Å²) in [6.07, 6.45) is 1.58. The van der Waals surface area contributed by atoms with Crippen LogP contribution in [0.1, 0.15) is 25.8 Å². The van der Waals surface area contributed by atoms with E-state index in [2.05, 4.69) is 11.6 Å². The number of rotatable bonds is 5. The molecule has 0 bridgehead atoms. The maximum Gasteiger partial charge on any atom is 0.333 e. The van der Waals surface area contributed by atoms with E-state index in [1.807, 2.05) is 6.92 Å². The molecule has 1 atom stereocenters. The van der Waals surface area contributed by atoms with Crippen molar-refractivity contribution in [1.82, 2.24) is 9.55 Å². The number of aryl methyl sites for hydroxylation is 1. The zero-order chi connectivity index (χ0) is 14.6. The maximum atomic E-state index is 11.6. The highest BCUT2D eigenvalue weighted by Gasteiger charge is 2.15. The van der Waals surface area contributed by atoms with Crippen molar-refractivity contribution in [2.75, 3.05) is 0 Å². The average molecular weight is 266 g/mol. The highest BCUT2D eigenvalue weighted by molar-refractivity contribution is 5.87. The molecule has 0 aliphatic carbocycles. The average Bonchev–Trinajstić information content (AvgIpc) is 2.34. The van der Waals surface area contributed by atoms with Crippen LogP contribution in [0.2, 0.25) is 0 Å². The van der Waals surface area contributed by atoms with E-state index in [1.165, 1.54) is 10.8 Å². The van der Waals surface area contributed by atoms with Gasteiger partial charge in [0.15, 0.2) is 0 Å². The fraction of sp³-hybridized carbons (Fsp3) is 0.462. The first-order valence-electron chi connectivity index (χ1n) is 6.02. The standard InChI is InChI=1S/C13H18N2O4/c1-5-10(19-12(17)8(2)3)7-15-6-9(4)11(16)14-13(15)18/h6,10H,2,5,7H2,1,3-4H3,(H,14,16,18). The van der Waals surface area contributed by atoms with Gasteiger partial charge < -0.3 is 4.74 Å². The van der Waals surface area contributed by atoms with Crippen molar-refractivity contribution in [2.24, 2.45) is 0 Å². The van der Waals surface area contributed by atoms with E-state index in [1.54, 1.807) is 13.8 Å². The molecule has 0 spiro atoms. The zero-order valence-electron chi connectivity index (χ0n) is 11.4. The second-order valence-corrected chi connectivity index (χ2v) is 4.44. The molecule has 0 amide bonds. The fourth-order valence-electron chi connectivity index (χ4n) is 1.48. The molecule has 104 valence electrons. The van der Waals surface area contributed by atoms with Gasteiger partial charge in [-0.25, -0.2) is 9.59 Å². The molecular weight excluding hydrogens is 248 g/mol. The SMILES string of the molecule is C=C(C)C(=O)OC(CC)Cn1cc(C)c(=O)[nH]c1=O. The van der Waals surface area contributed by atoms with E-state index in [9.17, 15) is 14.4 Å². The van der Waals surface area contributed by atoms with Crippen molar-refractivity contribution >= 4 is 5.97 Å². The van der Waals surface area contributed by atoms with Gasteiger partial charge in [0.1, 0.15) is 6.10 Å². The summed E-state index contributed by atoms with van der Waals surface area (Å²) in [5.74, 6) is -0.485. The van der Waals surface area contributed by atoms with Crippen LogP contribution in [-0.4, -0.2) is 21.6 Å². The van der Waals surface area contributed by atoms with E-state index in [4.69, 9.17) is 4.74 Å². The number of hydrogen-bond donors (Lipinski definition) is 1. The minimum Gasteiger partial charge on any atom is -0.457 e. The van der Waals surface area contributed by atoms with Crippen molar-refractivity contribution in [2.45, 2.75) is 39.8 Å². The van der Waals surface area contributed by atoms with Gasteiger partial charge in [-0.3, -0.25) is 14.3 Å². The molecule has 0 saturated carbocycles. The third-order valence-corrected chi connectivity index (χ3v) is 2.67. The highest BCUT2D eigenvalue weighted by Crippen LogP contribution is 2.04. The van der Waals surface area contributed by atoms with Gasteiger partial charge in [-0.15, -0.1) is 0 Å². The third kappa shape index (κ3) is 3.94. The molecule has 1 N–H and O–H groups in total. The van der Waals surface area contributed by atoms with E-state index in [0.717, 1.165) is 0 Å². The van der Waals surface area contributed by atoms with Gasteiger partial charge in [0.05, 0.1) is 6.54 Å². The van der Waals surface area contributed by atoms with Gasteiger partial charge >= 0.3 is 11.7 Å². The molecule has 1 unspecified atom stereocenters. The van der Waals surface area contributed by atoms with Crippen LogP contribution in [0.25, 0.3) is 0 Å². The molecule has 0 aliphatic rings. The van der Waals surface area contributed by atoms with Crippen LogP contribution < -0.4 is 11.2 Å². The number of carbonyl (C=O) groups excluding carboxylic acids is 1. The Kier molecular flexibility index (Phi) is 4.86. The lowest BCUT2D eigenvalue weighted by molar-refractivity contribution is -0.145. The molecule has 0 aromatic carbocycles. The minimum atomic E-state index is -0.513. The van der Waals surface area contributed by atoms with Crippen LogP contribution in [0, 0.1) is 6.92 Å². The van der Waals surface area contributed by atoms with Crippen LogP contribution in [-0.2, 0) is 16.1 Å². The summed E-state index contributed by atoms with van der Waals surface area (Å²) in [6.45, 7) is 8.72. The van der Waals surface area contributed by atoms with Crippen LogP contribution in [0.4, 0.5) is 0 Å². The highest BCUT2D eigenvalue weighted by atomic mass is 16.5. The molecule has 1 rings (SSSR count). The number of aromatic nitrogens is 2. The number of hydrogen-bond acceptors (Lipinski definition) is 4. The maximum absolute atomic E-state index is 11.6. The smallest absolute Gasteiger partial charge is 0.333 e. The fourth-order valence-corrected chi connectivity index (χ4v) is 1.48. The first-order chi connectivity index (χ1) is 8.85. The van der Waals surface area contributed by atoms with E-state index in [-0.39, 0.29) is 6.54 Å². The van der Waals surface area contributed by atoms with Crippen molar-refractivity contribution in [3.63, 3.8) is 0 Å². The number of aromatic amines is 1. The molecular formula is C13H18N2O4. The molecule has 0 saturated heterocycles. The topological polar surface area (TPSA) is 81.2 Å². The van der Waals surface area contributed by atoms with Gasteiger partial charge in [-0.2, -0.15) is 0 Å². The first-order valence-corrected chi connectivity index (χ1v) is 6.02. The Labute approximate surface area is 110 Å². The predicted molar refractivity (Wildman–Crippen MR) is 71.0 cm³/mol. The quantitative estimate of drug-likeness (QED) is 0.629. The van der Waals surface area contributed by atoms with Crippen LogP contribution >= 0.6 is 0 Å². The lowest BCUT2D eigenvalue weighted by atomic mass is 10.2. The van der Waals surface area contributed by atoms with Crippen LogP contribution in [0.5, 0.6) is 0 Å². The number of esters is 1. The molecule has 0 fully saturated rings. The lowest BCUT2D eigenvalue weighted by Crippen LogP contribution is -2.35. The predicted octanol–water partition coefficient (Wildman–Crippen LogP) is 0.743. The summed E-state index contributed by atoms with van der Waals surface area (Å²) >= 11 is 0. The number of nitrogens with one attached hydrogen (secondary N) is 1. The third-order valence-electron chi connectivity index (χ3n) is 2.67. The summed E-state index contributed by atoms with van der Waals surface area (Å²) in [4.78, 5) is 36.5. The Morgan fingerprint density at radius 1 is 1.53 bits per heavy atom. The van der Waals surface area contributed by atoms with E-state index >= 15 is 0 Å². The summed E-state index contributed by atoms with van der Waals surface area (Å²) < 4.78 is 6.53. The summed E-state index contributed by atoms with van der Waals surface area (Å²) in [6, 6.07) is 0. The van der Waals surface area contributed by atoms with Gasteiger partial charge in [-0.05, 0) is 20.3 Å². The first kappa shape index (κ1) is 14.9. The molecule has 0 radical (unpaired) electrons. The summed E-state index contributed by atoms with van der Waals surface area (Å²) in [5, 5.41) is 0. The molecule has 19 heavy (non-hydrogen) atoms. The molecule has 1 aromatic heterocycles. The second-order valence-electron chi connectivity index (χ2n) is 4.44. The molecule has 6 heteroatoms. The Balaban J connectivity index is 2.90. The minimum absolute atomic E-state index is 0.200. The molecule has 1 aromatic rings. The van der Waals surface area contributed by atoms with Gasteiger partial charge in [0.2, 0.25) is 0 Å². The van der Waals surface area contributed by atoms with E-state index < -0.39 is 23.3 Å². The lowest BCUT2D eigenvalue weighted by Gasteiger charge is -2.17. The number of nitrogens with zero attached hydrogens (tertiary/aromatic N) is 1. The number of H-pyrrole nitrogens is 1. The van der Waals surface area contributed by atoms with Crippen molar-refractivity contribution in [3.05, 3.63) is 44.8 Å². The van der Waals surface area contributed by atoms with Crippen LogP contribution in [0.3, 0.4) is 0 Å². The summed E-state index contributed by atoms with van der Waals surface area (Å²) in [7, 11) is 0. The second kappa shape index (κ2) is 6.17. The van der Waals surface area contributed by atoms with Gasteiger partial charge in [-0.1, -0.05) is 13.5 Å². The number of carbonyl (C=O) groups is 1. The van der Waals surface area contributed by atoms with Gasteiger partial charge in [0.25, 0.3) is 5.56 Å². The van der Waals surface area contributed by atoms with E-state index in [0.29, 0.717) is 17.6 Å². The number of ether oxygens (including phenoxy) is 1. The van der Waals surface area contributed by atoms with Crippen molar-refractivity contribution in [3.8, 4) is 0 Å². The zero-order valence-corrected chi connectivity index (χ0v) is 11.4. The normalized spacial score (nSPS) is 11.9. The Hall–Kier alpha value is -2.11. The Morgan fingerprint density at radius 2 is 2.16 bits per heavy atom. The Morgan fingerprint density at radius 3 is 2.68 bits per heavy atom. The molecule has 6 nitrogen and oxygen atoms in total. The van der Waals surface area contributed by atoms with Crippen molar-refractivity contribution in [1.29, 1.82) is 0 Å².